The van der Waals surface area contributed by atoms with Crippen LogP contribution in [0.25, 0.3) is 0 Å². The van der Waals surface area contributed by atoms with E-state index in [-0.39, 0.29) is 5.82 Å². The predicted octanol–water partition coefficient (Wildman–Crippen LogP) is 4.69. The van der Waals surface area contributed by atoms with Crippen LogP contribution in [0.2, 0.25) is 5.02 Å². The molecule has 0 heterocycles. The first-order valence-electron chi connectivity index (χ1n) is 6.54. The number of aliphatic hydroxyl groups excluding tert-OH is 1. The Bertz CT molecular complexity index is 601. The molecule has 2 nitrogen and oxygen atoms in total. The zero-order valence-corrected chi connectivity index (χ0v) is 12.2. The minimum absolute atomic E-state index is 0.287. The summed E-state index contributed by atoms with van der Waals surface area (Å²) in [4.78, 5) is 1.81. The molecule has 1 atom stereocenters. The van der Waals surface area contributed by atoms with Crippen molar-refractivity contribution in [1.29, 1.82) is 0 Å². The summed E-state index contributed by atoms with van der Waals surface area (Å²) in [7, 11) is 0. The third kappa shape index (κ3) is 2.94. The van der Waals surface area contributed by atoms with Gasteiger partial charge in [-0.3, -0.25) is 0 Å². The van der Waals surface area contributed by atoms with Gasteiger partial charge in [-0.15, -0.1) is 0 Å². The van der Waals surface area contributed by atoms with Crippen LogP contribution in [-0.2, 0) is 0 Å². The van der Waals surface area contributed by atoms with E-state index >= 15 is 0 Å². The minimum Gasteiger partial charge on any atom is -0.389 e. The molecular formula is C16H17ClFNO. The Labute approximate surface area is 123 Å². The average molecular weight is 294 g/mol. The number of para-hydroxylation sites is 1. The van der Waals surface area contributed by atoms with Crippen molar-refractivity contribution in [3.05, 3.63) is 58.9 Å². The van der Waals surface area contributed by atoms with Crippen LogP contribution in [0.4, 0.5) is 15.8 Å². The number of rotatable bonds is 4. The molecule has 0 fully saturated rings. The van der Waals surface area contributed by atoms with E-state index in [0.717, 1.165) is 11.3 Å². The number of hydrogen-bond donors (Lipinski definition) is 1. The maximum Gasteiger partial charge on any atom is 0.146 e. The van der Waals surface area contributed by atoms with Gasteiger partial charge in [-0.2, -0.15) is 0 Å². The molecule has 0 aromatic heterocycles. The van der Waals surface area contributed by atoms with Crippen molar-refractivity contribution in [2.45, 2.75) is 20.0 Å². The van der Waals surface area contributed by atoms with Crippen LogP contribution < -0.4 is 4.90 Å². The van der Waals surface area contributed by atoms with Gasteiger partial charge in [0.05, 0.1) is 22.5 Å². The van der Waals surface area contributed by atoms with Gasteiger partial charge in [0.1, 0.15) is 5.82 Å². The second kappa shape index (κ2) is 6.25. The van der Waals surface area contributed by atoms with Gasteiger partial charge in [-0.1, -0.05) is 29.8 Å². The van der Waals surface area contributed by atoms with Crippen molar-refractivity contribution < 1.29 is 9.50 Å². The smallest absolute Gasteiger partial charge is 0.146 e. The molecule has 0 aliphatic carbocycles. The Kier molecular flexibility index (Phi) is 4.63. The Morgan fingerprint density at radius 2 is 1.90 bits per heavy atom. The zero-order valence-electron chi connectivity index (χ0n) is 11.5. The highest BCUT2D eigenvalue weighted by Gasteiger charge is 2.15. The van der Waals surface area contributed by atoms with Crippen molar-refractivity contribution in [3.63, 3.8) is 0 Å². The highest BCUT2D eigenvalue weighted by Crippen LogP contribution is 2.34. The lowest BCUT2D eigenvalue weighted by molar-refractivity contribution is 0.199. The van der Waals surface area contributed by atoms with Gasteiger partial charge in [-0.25, -0.2) is 4.39 Å². The Morgan fingerprint density at radius 3 is 2.45 bits per heavy atom. The van der Waals surface area contributed by atoms with E-state index in [0.29, 0.717) is 17.3 Å². The van der Waals surface area contributed by atoms with Crippen molar-refractivity contribution in [2.75, 3.05) is 11.4 Å². The van der Waals surface area contributed by atoms with Gasteiger partial charge < -0.3 is 10.0 Å². The number of hydrogen-bond acceptors (Lipinski definition) is 2. The van der Waals surface area contributed by atoms with Crippen LogP contribution in [0.5, 0.6) is 0 Å². The summed E-state index contributed by atoms with van der Waals surface area (Å²) in [6.45, 7) is 4.21. The molecule has 0 spiro atoms. The molecule has 0 aliphatic heterocycles. The fraction of sp³-hybridized carbons (Fsp3) is 0.250. The van der Waals surface area contributed by atoms with Gasteiger partial charge in [0.25, 0.3) is 0 Å². The van der Waals surface area contributed by atoms with Gasteiger partial charge in [-0.05, 0) is 43.7 Å². The van der Waals surface area contributed by atoms with Gasteiger partial charge >= 0.3 is 0 Å². The summed E-state index contributed by atoms with van der Waals surface area (Å²) in [5.41, 5.74) is 1.95. The highest BCUT2D eigenvalue weighted by molar-refractivity contribution is 6.33. The molecule has 2 rings (SSSR count). The van der Waals surface area contributed by atoms with E-state index in [2.05, 4.69) is 0 Å². The van der Waals surface area contributed by atoms with E-state index in [1.807, 2.05) is 11.8 Å². The zero-order chi connectivity index (χ0) is 14.7. The normalized spacial score (nSPS) is 12.2. The minimum atomic E-state index is -0.579. The summed E-state index contributed by atoms with van der Waals surface area (Å²) in [5, 5.41) is 10.1. The summed E-state index contributed by atoms with van der Waals surface area (Å²) in [6, 6.07) is 11.9. The highest BCUT2D eigenvalue weighted by atomic mass is 35.5. The molecule has 1 N–H and O–H groups in total. The van der Waals surface area contributed by atoms with Crippen LogP contribution in [0, 0.1) is 5.82 Å². The van der Waals surface area contributed by atoms with Crippen LogP contribution in [0.3, 0.4) is 0 Å². The molecule has 2 aromatic rings. The Balaban J connectivity index is 2.45. The van der Waals surface area contributed by atoms with Gasteiger partial charge in [0.2, 0.25) is 0 Å². The van der Waals surface area contributed by atoms with Crippen molar-refractivity contribution in [3.8, 4) is 0 Å². The topological polar surface area (TPSA) is 23.5 Å². The Morgan fingerprint density at radius 1 is 1.20 bits per heavy atom. The van der Waals surface area contributed by atoms with Crippen molar-refractivity contribution >= 4 is 23.0 Å². The van der Waals surface area contributed by atoms with E-state index in [9.17, 15) is 9.50 Å². The van der Waals surface area contributed by atoms with Crippen LogP contribution >= 0.6 is 11.6 Å². The molecule has 1 unspecified atom stereocenters. The van der Waals surface area contributed by atoms with Gasteiger partial charge in [0.15, 0.2) is 0 Å². The number of anilines is 2. The molecule has 0 bridgehead atoms. The fourth-order valence-corrected chi connectivity index (χ4v) is 2.43. The molecule has 20 heavy (non-hydrogen) atoms. The average Bonchev–Trinajstić information content (AvgIpc) is 2.43. The van der Waals surface area contributed by atoms with E-state index in [4.69, 9.17) is 11.6 Å². The summed E-state index contributed by atoms with van der Waals surface area (Å²) in [5.74, 6) is -0.287. The Hall–Kier alpha value is -1.58. The van der Waals surface area contributed by atoms with Crippen molar-refractivity contribution in [1.82, 2.24) is 0 Å². The first kappa shape index (κ1) is 14.8. The first-order chi connectivity index (χ1) is 9.54. The predicted molar refractivity (Wildman–Crippen MR) is 81.2 cm³/mol. The van der Waals surface area contributed by atoms with E-state index in [1.54, 1.807) is 43.3 Å². The lowest BCUT2D eigenvalue weighted by atomic mass is 10.1. The van der Waals surface area contributed by atoms with Crippen LogP contribution in [-0.4, -0.2) is 11.7 Å². The van der Waals surface area contributed by atoms with E-state index in [1.165, 1.54) is 6.07 Å². The molecule has 0 radical (unpaired) electrons. The number of benzene rings is 2. The summed E-state index contributed by atoms with van der Waals surface area (Å²) in [6.07, 6.45) is -0.579. The standard InChI is InChI=1S/C16H17ClFNO/c1-3-19(16-7-5-4-6-14(16)18)15-9-8-12(11(2)20)10-13(15)17/h4-11,20H,3H2,1-2H3. The third-order valence-electron chi connectivity index (χ3n) is 3.20. The van der Waals surface area contributed by atoms with Crippen molar-refractivity contribution in [2.24, 2.45) is 0 Å². The second-order valence-corrected chi connectivity index (χ2v) is 4.99. The SMILES string of the molecule is CCN(c1ccccc1F)c1ccc(C(C)O)cc1Cl. The monoisotopic (exact) mass is 293 g/mol. The van der Waals surface area contributed by atoms with Gasteiger partial charge in [0, 0.05) is 6.54 Å². The fourth-order valence-electron chi connectivity index (χ4n) is 2.14. The lowest BCUT2D eigenvalue weighted by Gasteiger charge is -2.25. The maximum absolute atomic E-state index is 13.9. The largest absolute Gasteiger partial charge is 0.389 e. The molecule has 4 heteroatoms. The first-order valence-corrected chi connectivity index (χ1v) is 6.92. The van der Waals surface area contributed by atoms with Crippen LogP contribution in [0.15, 0.2) is 42.5 Å². The third-order valence-corrected chi connectivity index (χ3v) is 3.51. The molecule has 0 aliphatic rings. The summed E-state index contributed by atoms with van der Waals surface area (Å²) < 4.78 is 13.9. The quantitative estimate of drug-likeness (QED) is 0.884. The van der Waals surface area contributed by atoms with Crippen LogP contribution in [0.1, 0.15) is 25.5 Å². The second-order valence-electron chi connectivity index (χ2n) is 4.58. The summed E-state index contributed by atoms with van der Waals surface area (Å²) >= 11 is 6.27. The molecule has 0 amide bonds. The number of nitrogens with zero attached hydrogens (tertiary/aromatic N) is 1. The maximum atomic E-state index is 13.9. The van der Waals surface area contributed by atoms with E-state index < -0.39 is 6.10 Å². The molecule has 0 saturated carbocycles. The number of halogens is 2. The lowest BCUT2D eigenvalue weighted by Crippen LogP contribution is -2.17. The molecule has 0 saturated heterocycles. The molecular weight excluding hydrogens is 277 g/mol. The molecule has 2 aromatic carbocycles. The number of aliphatic hydroxyl groups is 1. The molecule has 106 valence electrons.